The van der Waals surface area contributed by atoms with E-state index in [0.29, 0.717) is 5.41 Å². The number of hydrogen-bond donors (Lipinski definition) is 2. The topological polar surface area (TPSA) is 41.1 Å². The molecule has 16 heavy (non-hydrogen) atoms. The van der Waals surface area contributed by atoms with Crippen molar-refractivity contribution in [2.24, 2.45) is 11.3 Å². The van der Waals surface area contributed by atoms with Gasteiger partial charge < -0.3 is 10.6 Å². The van der Waals surface area contributed by atoms with Gasteiger partial charge in [0.2, 0.25) is 5.91 Å². The van der Waals surface area contributed by atoms with E-state index in [0.717, 1.165) is 13.1 Å². The summed E-state index contributed by atoms with van der Waals surface area (Å²) < 4.78 is 0. The Morgan fingerprint density at radius 3 is 2.44 bits per heavy atom. The van der Waals surface area contributed by atoms with Crippen molar-refractivity contribution in [3.8, 4) is 0 Å². The van der Waals surface area contributed by atoms with E-state index < -0.39 is 0 Å². The van der Waals surface area contributed by atoms with Gasteiger partial charge in [-0.2, -0.15) is 0 Å². The Balaban J connectivity index is 0.00000225. The van der Waals surface area contributed by atoms with E-state index in [4.69, 9.17) is 0 Å². The zero-order valence-corrected chi connectivity index (χ0v) is 11.5. The number of halogens is 1. The molecule has 1 amide bonds. The van der Waals surface area contributed by atoms with Crippen LogP contribution in [0.3, 0.4) is 0 Å². The Labute approximate surface area is 105 Å². The molecule has 1 unspecified atom stereocenters. The van der Waals surface area contributed by atoms with E-state index in [1.54, 1.807) is 0 Å². The fourth-order valence-corrected chi connectivity index (χ4v) is 2.18. The van der Waals surface area contributed by atoms with E-state index >= 15 is 0 Å². The van der Waals surface area contributed by atoms with Gasteiger partial charge in [-0.05, 0) is 31.7 Å². The van der Waals surface area contributed by atoms with Crippen LogP contribution < -0.4 is 10.6 Å². The second kappa shape index (κ2) is 7.13. The van der Waals surface area contributed by atoms with Crippen LogP contribution in [0.2, 0.25) is 0 Å². The van der Waals surface area contributed by atoms with E-state index in [1.165, 1.54) is 25.7 Å². The molecular formula is C12H25ClN2O. The molecule has 1 aliphatic rings. The van der Waals surface area contributed by atoms with Gasteiger partial charge in [0.1, 0.15) is 0 Å². The molecule has 0 aromatic carbocycles. The van der Waals surface area contributed by atoms with Crippen LogP contribution in [-0.2, 0) is 4.79 Å². The highest BCUT2D eigenvalue weighted by Gasteiger charge is 2.35. The van der Waals surface area contributed by atoms with Crippen molar-refractivity contribution in [3.05, 3.63) is 0 Å². The molecule has 3 nitrogen and oxygen atoms in total. The molecule has 96 valence electrons. The maximum atomic E-state index is 11.7. The van der Waals surface area contributed by atoms with Gasteiger partial charge in [-0.1, -0.05) is 20.3 Å². The minimum Gasteiger partial charge on any atom is -0.355 e. The Hall–Kier alpha value is -0.280. The first-order valence-corrected chi connectivity index (χ1v) is 6.06. The van der Waals surface area contributed by atoms with Gasteiger partial charge >= 0.3 is 0 Å². The molecule has 1 atom stereocenters. The van der Waals surface area contributed by atoms with Crippen LogP contribution in [0.5, 0.6) is 0 Å². The summed E-state index contributed by atoms with van der Waals surface area (Å²) in [4.78, 5) is 11.7. The van der Waals surface area contributed by atoms with Crippen LogP contribution in [-0.4, -0.2) is 26.0 Å². The zero-order chi connectivity index (χ0) is 11.3. The maximum Gasteiger partial charge on any atom is 0.224 e. The number of amides is 1. The maximum absolute atomic E-state index is 11.7. The fourth-order valence-electron chi connectivity index (χ4n) is 2.18. The van der Waals surface area contributed by atoms with Crippen molar-refractivity contribution >= 4 is 18.3 Å². The summed E-state index contributed by atoms with van der Waals surface area (Å²) in [5, 5.41) is 6.11. The Kier molecular flexibility index (Phi) is 7.00. The van der Waals surface area contributed by atoms with E-state index in [1.807, 2.05) is 14.0 Å². The minimum absolute atomic E-state index is 0. The first kappa shape index (κ1) is 15.7. The zero-order valence-electron chi connectivity index (χ0n) is 10.6. The quantitative estimate of drug-likeness (QED) is 0.755. The lowest BCUT2D eigenvalue weighted by atomic mass is 9.67. The van der Waals surface area contributed by atoms with E-state index in [-0.39, 0.29) is 24.2 Å². The molecular weight excluding hydrogens is 224 g/mol. The third-order valence-electron chi connectivity index (χ3n) is 3.76. The summed E-state index contributed by atoms with van der Waals surface area (Å²) in [7, 11) is 1.88. The molecule has 0 aliphatic heterocycles. The molecule has 0 aromatic rings. The summed E-state index contributed by atoms with van der Waals surface area (Å²) in [5.41, 5.74) is 0.426. The monoisotopic (exact) mass is 248 g/mol. The van der Waals surface area contributed by atoms with Gasteiger partial charge in [-0.15, -0.1) is 12.4 Å². The smallest absolute Gasteiger partial charge is 0.224 e. The summed E-state index contributed by atoms with van der Waals surface area (Å²) >= 11 is 0. The SMILES string of the molecule is CCC1(CNC(=O)C(C)CNC)CCC1.Cl. The molecule has 4 heteroatoms. The number of rotatable bonds is 6. The van der Waals surface area contributed by atoms with Gasteiger partial charge in [0.05, 0.1) is 0 Å². The predicted octanol–water partition coefficient (Wildman–Crippen LogP) is 1.96. The molecule has 0 radical (unpaired) electrons. The standard InChI is InChI=1S/C12H24N2O.ClH/c1-4-12(6-5-7-12)9-14-11(15)10(2)8-13-3;/h10,13H,4-9H2,1-3H3,(H,14,15);1H. The van der Waals surface area contributed by atoms with Crippen LogP contribution >= 0.6 is 12.4 Å². The van der Waals surface area contributed by atoms with Crippen LogP contribution in [0.1, 0.15) is 39.5 Å². The number of carbonyl (C=O) groups excluding carboxylic acids is 1. The van der Waals surface area contributed by atoms with Gasteiger partial charge in [0.25, 0.3) is 0 Å². The lowest BCUT2D eigenvalue weighted by Gasteiger charge is -2.41. The molecule has 0 aromatic heterocycles. The summed E-state index contributed by atoms with van der Waals surface area (Å²) in [6.07, 6.45) is 5.08. The first-order valence-electron chi connectivity index (χ1n) is 6.06. The second-order valence-corrected chi connectivity index (χ2v) is 4.88. The van der Waals surface area contributed by atoms with Crippen molar-refractivity contribution in [3.63, 3.8) is 0 Å². The van der Waals surface area contributed by atoms with Crippen molar-refractivity contribution in [1.29, 1.82) is 0 Å². The van der Waals surface area contributed by atoms with E-state index in [2.05, 4.69) is 17.6 Å². The normalized spacial score (nSPS) is 19.2. The van der Waals surface area contributed by atoms with Gasteiger partial charge in [-0.3, -0.25) is 4.79 Å². The molecule has 0 bridgehead atoms. The van der Waals surface area contributed by atoms with Crippen LogP contribution in [0.15, 0.2) is 0 Å². The molecule has 1 aliphatic carbocycles. The van der Waals surface area contributed by atoms with Crippen LogP contribution in [0.25, 0.3) is 0 Å². The van der Waals surface area contributed by atoms with E-state index in [9.17, 15) is 4.79 Å². The predicted molar refractivity (Wildman–Crippen MR) is 69.9 cm³/mol. The van der Waals surface area contributed by atoms with Crippen molar-refractivity contribution in [2.75, 3.05) is 20.1 Å². The minimum atomic E-state index is 0. The van der Waals surface area contributed by atoms with Crippen molar-refractivity contribution in [2.45, 2.75) is 39.5 Å². The summed E-state index contributed by atoms with van der Waals surface area (Å²) in [6.45, 7) is 5.81. The highest BCUT2D eigenvalue weighted by atomic mass is 35.5. The second-order valence-electron chi connectivity index (χ2n) is 4.88. The van der Waals surface area contributed by atoms with Crippen molar-refractivity contribution < 1.29 is 4.79 Å². The number of carbonyl (C=O) groups is 1. The van der Waals surface area contributed by atoms with Crippen LogP contribution in [0, 0.1) is 11.3 Å². The third-order valence-corrected chi connectivity index (χ3v) is 3.76. The highest BCUT2D eigenvalue weighted by Crippen LogP contribution is 2.43. The molecule has 0 heterocycles. The molecule has 1 rings (SSSR count). The highest BCUT2D eigenvalue weighted by molar-refractivity contribution is 5.85. The Morgan fingerprint density at radius 2 is 2.06 bits per heavy atom. The fraction of sp³-hybridized carbons (Fsp3) is 0.917. The van der Waals surface area contributed by atoms with Gasteiger partial charge in [0, 0.05) is 19.0 Å². The lowest BCUT2D eigenvalue weighted by molar-refractivity contribution is -0.125. The molecule has 2 N–H and O–H groups in total. The molecule has 0 saturated heterocycles. The first-order chi connectivity index (χ1) is 7.13. The summed E-state index contributed by atoms with van der Waals surface area (Å²) in [5.74, 6) is 0.257. The lowest BCUT2D eigenvalue weighted by Crippen LogP contribution is -2.44. The number of nitrogens with one attached hydrogen (secondary N) is 2. The Bertz CT molecular complexity index is 212. The molecule has 0 spiro atoms. The van der Waals surface area contributed by atoms with Gasteiger partial charge in [0.15, 0.2) is 0 Å². The average Bonchev–Trinajstić information content (AvgIpc) is 2.17. The largest absolute Gasteiger partial charge is 0.355 e. The Morgan fingerprint density at radius 1 is 1.44 bits per heavy atom. The van der Waals surface area contributed by atoms with Crippen LogP contribution in [0.4, 0.5) is 0 Å². The third kappa shape index (κ3) is 3.95. The number of hydrogen-bond acceptors (Lipinski definition) is 2. The van der Waals surface area contributed by atoms with Gasteiger partial charge in [-0.25, -0.2) is 0 Å². The molecule has 1 fully saturated rings. The van der Waals surface area contributed by atoms with Crippen molar-refractivity contribution in [1.82, 2.24) is 10.6 Å². The molecule has 1 saturated carbocycles. The average molecular weight is 249 g/mol. The summed E-state index contributed by atoms with van der Waals surface area (Å²) in [6, 6.07) is 0.